The summed E-state index contributed by atoms with van der Waals surface area (Å²) in [5.74, 6) is 1.74. The van der Waals surface area contributed by atoms with E-state index in [2.05, 4.69) is 12.1 Å². The maximum Gasteiger partial charge on any atom is 0.164 e. The Morgan fingerprint density at radius 2 is 1.71 bits per heavy atom. The van der Waals surface area contributed by atoms with Gasteiger partial charge in [-0.05, 0) is 30.0 Å². The molecule has 1 atom stereocenters. The van der Waals surface area contributed by atoms with E-state index in [1.54, 1.807) is 20.3 Å². The van der Waals surface area contributed by atoms with Gasteiger partial charge in [0.05, 0.1) is 14.2 Å². The van der Waals surface area contributed by atoms with Crippen molar-refractivity contribution < 1.29 is 14.3 Å². The summed E-state index contributed by atoms with van der Waals surface area (Å²) in [4.78, 5) is 12.4. The highest BCUT2D eigenvalue weighted by Crippen LogP contribution is 2.41. The van der Waals surface area contributed by atoms with Gasteiger partial charge in [0.15, 0.2) is 17.3 Å². The van der Waals surface area contributed by atoms with E-state index in [-0.39, 0.29) is 11.7 Å². The van der Waals surface area contributed by atoms with Gasteiger partial charge in [-0.25, -0.2) is 0 Å². The quantitative estimate of drug-likeness (QED) is 0.862. The molecule has 0 amide bonds. The van der Waals surface area contributed by atoms with Crippen LogP contribution >= 0.6 is 0 Å². The predicted octanol–water partition coefficient (Wildman–Crippen LogP) is 3.62. The molecule has 2 aromatic rings. The largest absolute Gasteiger partial charge is 0.493 e. The third kappa shape index (κ3) is 2.40. The van der Waals surface area contributed by atoms with Crippen molar-refractivity contribution >= 4 is 5.78 Å². The zero-order valence-electron chi connectivity index (χ0n) is 12.3. The summed E-state index contributed by atoms with van der Waals surface area (Å²) >= 11 is 0. The topological polar surface area (TPSA) is 35.5 Å². The number of carbonyl (C=O) groups is 1. The lowest BCUT2D eigenvalue weighted by atomic mass is 9.79. The molecule has 1 aliphatic rings. The predicted molar refractivity (Wildman–Crippen MR) is 81.4 cm³/mol. The van der Waals surface area contributed by atoms with Crippen molar-refractivity contribution in [2.45, 2.75) is 18.8 Å². The highest BCUT2D eigenvalue weighted by molar-refractivity contribution is 6.00. The van der Waals surface area contributed by atoms with Gasteiger partial charge in [0.2, 0.25) is 0 Å². The molecule has 2 aromatic carbocycles. The van der Waals surface area contributed by atoms with Crippen LogP contribution in [0, 0.1) is 0 Å². The third-order valence-electron chi connectivity index (χ3n) is 4.10. The van der Waals surface area contributed by atoms with Gasteiger partial charge in [-0.1, -0.05) is 30.3 Å². The van der Waals surface area contributed by atoms with Crippen LogP contribution in [0.15, 0.2) is 42.5 Å². The molecule has 0 saturated heterocycles. The van der Waals surface area contributed by atoms with Crippen LogP contribution in [0.1, 0.15) is 33.8 Å². The van der Waals surface area contributed by atoms with Crippen molar-refractivity contribution in [1.82, 2.24) is 0 Å². The lowest BCUT2D eigenvalue weighted by molar-refractivity contribution is 0.0963. The fourth-order valence-corrected chi connectivity index (χ4v) is 3.07. The van der Waals surface area contributed by atoms with Crippen molar-refractivity contribution in [3.63, 3.8) is 0 Å². The number of ether oxygens (including phenoxy) is 2. The van der Waals surface area contributed by atoms with Gasteiger partial charge < -0.3 is 9.47 Å². The molecule has 0 heterocycles. The number of hydrogen-bond donors (Lipinski definition) is 0. The fraction of sp³-hybridized carbons (Fsp3) is 0.278. The summed E-state index contributed by atoms with van der Waals surface area (Å²) in [6.07, 6.45) is 1.35. The summed E-state index contributed by atoms with van der Waals surface area (Å²) in [7, 11) is 3.23. The average Bonchev–Trinajstić information content (AvgIpc) is 2.54. The number of Topliss-reactive ketones (excluding diaryl/α,β-unsaturated/α-hetero) is 1. The van der Waals surface area contributed by atoms with Gasteiger partial charge in [0.25, 0.3) is 0 Å². The van der Waals surface area contributed by atoms with Gasteiger partial charge in [-0.2, -0.15) is 0 Å². The summed E-state index contributed by atoms with van der Waals surface area (Å²) < 4.78 is 10.8. The van der Waals surface area contributed by atoms with Gasteiger partial charge >= 0.3 is 0 Å². The van der Waals surface area contributed by atoms with Crippen LogP contribution in [-0.4, -0.2) is 20.0 Å². The standard InChI is InChI=1S/C18H18O3/c1-20-17-9-8-14-15(18(17)21-2)10-13(11-16(14)19)12-6-4-3-5-7-12/h3-9,13H,10-11H2,1-2H3/t13-/m1/s1. The molecule has 0 spiro atoms. The number of hydrogen-bond acceptors (Lipinski definition) is 3. The molecule has 3 rings (SSSR count). The number of ketones is 1. The number of methoxy groups -OCH3 is 2. The molecule has 0 N–H and O–H groups in total. The number of fused-ring (bicyclic) bond motifs is 1. The fourth-order valence-electron chi connectivity index (χ4n) is 3.07. The van der Waals surface area contributed by atoms with E-state index in [1.165, 1.54) is 5.56 Å². The number of rotatable bonds is 3. The highest BCUT2D eigenvalue weighted by Gasteiger charge is 2.29. The Morgan fingerprint density at radius 3 is 2.38 bits per heavy atom. The van der Waals surface area contributed by atoms with Crippen LogP contribution in [-0.2, 0) is 6.42 Å². The van der Waals surface area contributed by atoms with E-state index in [1.807, 2.05) is 24.3 Å². The van der Waals surface area contributed by atoms with Crippen molar-refractivity contribution in [3.8, 4) is 11.5 Å². The van der Waals surface area contributed by atoms with Crippen molar-refractivity contribution in [2.75, 3.05) is 14.2 Å². The van der Waals surface area contributed by atoms with E-state index < -0.39 is 0 Å². The maximum atomic E-state index is 12.4. The van der Waals surface area contributed by atoms with E-state index in [4.69, 9.17) is 9.47 Å². The molecule has 0 aromatic heterocycles. The molecule has 0 radical (unpaired) electrons. The zero-order chi connectivity index (χ0) is 14.8. The zero-order valence-corrected chi connectivity index (χ0v) is 12.3. The molecule has 3 nitrogen and oxygen atoms in total. The minimum Gasteiger partial charge on any atom is -0.493 e. The maximum absolute atomic E-state index is 12.4. The Morgan fingerprint density at radius 1 is 0.952 bits per heavy atom. The van der Waals surface area contributed by atoms with Crippen LogP contribution in [0.25, 0.3) is 0 Å². The van der Waals surface area contributed by atoms with Crippen LogP contribution in [0.4, 0.5) is 0 Å². The minimum absolute atomic E-state index is 0.172. The first-order valence-electron chi connectivity index (χ1n) is 7.06. The summed E-state index contributed by atoms with van der Waals surface area (Å²) in [5, 5.41) is 0. The Balaban J connectivity index is 2.06. The Hall–Kier alpha value is -2.29. The van der Waals surface area contributed by atoms with Gasteiger partial charge in [-0.15, -0.1) is 0 Å². The van der Waals surface area contributed by atoms with Crippen LogP contribution in [0.2, 0.25) is 0 Å². The van der Waals surface area contributed by atoms with E-state index >= 15 is 0 Å². The first-order chi connectivity index (χ1) is 10.2. The average molecular weight is 282 g/mol. The molecule has 108 valence electrons. The SMILES string of the molecule is COc1ccc2c(c1OC)C[C@@H](c1ccccc1)CC2=O. The Kier molecular flexibility index (Phi) is 3.65. The molecule has 0 saturated carbocycles. The monoisotopic (exact) mass is 282 g/mol. The molecular weight excluding hydrogens is 264 g/mol. The second kappa shape index (κ2) is 5.60. The Labute approximate surface area is 124 Å². The minimum atomic E-state index is 0.172. The second-order valence-corrected chi connectivity index (χ2v) is 5.27. The molecule has 1 aliphatic carbocycles. The molecule has 0 aliphatic heterocycles. The van der Waals surface area contributed by atoms with Crippen molar-refractivity contribution in [2.24, 2.45) is 0 Å². The molecule has 21 heavy (non-hydrogen) atoms. The first-order valence-corrected chi connectivity index (χ1v) is 7.06. The van der Waals surface area contributed by atoms with Crippen LogP contribution < -0.4 is 9.47 Å². The number of carbonyl (C=O) groups excluding carboxylic acids is 1. The van der Waals surface area contributed by atoms with Crippen LogP contribution in [0.3, 0.4) is 0 Å². The summed E-state index contributed by atoms with van der Waals surface area (Å²) in [5.41, 5.74) is 2.92. The van der Waals surface area contributed by atoms with Gasteiger partial charge in [0.1, 0.15) is 0 Å². The van der Waals surface area contributed by atoms with Crippen LogP contribution in [0.5, 0.6) is 11.5 Å². The molecule has 3 heteroatoms. The number of benzene rings is 2. The highest BCUT2D eigenvalue weighted by atomic mass is 16.5. The lowest BCUT2D eigenvalue weighted by Crippen LogP contribution is -2.19. The normalized spacial score (nSPS) is 17.2. The third-order valence-corrected chi connectivity index (χ3v) is 4.10. The summed E-state index contributed by atoms with van der Waals surface area (Å²) in [6.45, 7) is 0. The Bertz CT molecular complexity index is 662. The van der Waals surface area contributed by atoms with Crippen molar-refractivity contribution in [3.05, 3.63) is 59.2 Å². The van der Waals surface area contributed by atoms with E-state index in [0.717, 1.165) is 17.5 Å². The molecule has 0 unspecified atom stereocenters. The second-order valence-electron chi connectivity index (χ2n) is 5.27. The lowest BCUT2D eigenvalue weighted by Gasteiger charge is -2.26. The smallest absolute Gasteiger partial charge is 0.164 e. The van der Waals surface area contributed by atoms with Gasteiger partial charge in [-0.3, -0.25) is 4.79 Å². The molecular formula is C18H18O3. The van der Waals surface area contributed by atoms with Gasteiger partial charge in [0, 0.05) is 17.5 Å². The van der Waals surface area contributed by atoms with E-state index in [0.29, 0.717) is 17.9 Å². The summed E-state index contributed by atoms with van der Waals surface area (Å²) in [6, 6.07) is 13.8. The first kappa shape index (κ1) is 13.7. The van der Waals surface area contributed by atoms with Crippen molar-refractivity contribution in [1.29, 1.82) is 0 Å². The molecule has 0 fully saturated rings. The molecule has 0 bridgehead atoms. The van der Waals surface area contributed by atoms with E-state index in [9.17, 15) is 4.79 Å².